The molecule has 1 aliphatic carbocycles. The molecule has 41 heavy (non-hydrogen) atoms. The zero-order valence-electron chi connectivity index (χ0n) is 24.0. The van der Waals surface area contributed by atoms with Crippen LogP contribution in [0.15, 0.2) is 53.5 Å². The molecule has 1 unspecified atom stereocenters. The van der Waals surface area contributed by atoms with Crippen LogP contribution in [0.5, 0.6) is 0 Å². The molecule has 216 valence electrons. The number of ketones is 1. The molecule has 1 aliphatic heterocycles. The number of amides is 1. The van der Waals surface area contributed by atoms with Gasteiger partial charge in [-0.1, -0.05) is 19.8 Å². The lowest BCUT2D eigenvalue weighted by Gasteiger charge is -2.32. The molecule has 1 amide bonds. The molecule has 3 aromatic heterocycles. The number of unbranched alkanes of at least 4 members (excludes halogenated alkanes) is 2. The number of likely N-dealkylation sites (tertiary alicyclic amines) is 1. The number of carbonyl (C=O) groups is 2. The van der Waals surface area contributed by atoms with Crippen LogP contribution < -0.4 is 5.32 Å². The number of nitrogens with zero attached hydrogens (tertiary/aromatic N) is 6. The summed E-state index contributed by atoms with van der Waals surface area (Å²) < 4.78 is 8.80. The van der Waals surface area contributed by atoms with E-state index in [0.29, 0.717) is 6.42 Å². The third-order valence-corrected chi connectivity index (χ3v) is 9.02. The monoisotopic (exact) mass is 557 g/mol. The molecule has 10 heteroatoms. The van der Waals surface area contributed by atoms with Gasteiger partial charge in [0.05, 0.1) is 29.1 Å². The van der Waals surface area contributed by atoms with Crippen LogP contribution in [-0.4, -0.2) is 60.8 Å². The lowest BCUT2D eigenvalue weighted by atomic mass is 9.90. The number of Topliss-reactive ketones (excluding diaryl/α,β-unsaturated/α-hetero) is 1. The normalized spacial score (nSPS) is 19.0. The second-order valence-corrected chi connectivity index (χ2v) is 11.7. The number of hydrogen-bond acceptors (Lipinski definition) is 7. The topological polar surface area (TPSA) is 111 Å². The minimum atomic E-state index is -0.179. The number of aryl methyl sites for hydroxylation is 1. The molecule has 4 heterocycles. The maximum Gasteiger partial charge on any atom is 0.263 e. The van der Waals surface area contributed by atoms with Crippen molar-refractivity contribution in [2.75, 3.05) is 19.6 Å². The van der Waals surface area contributed by atoms with Gasteiger partial charge < -0.3 is 14.6 Å². The number of benzene rings is 1. The highest BCUT2D eigenvalue weighted by atomic mass is 16.3. The first-order chi connectivity index (χ1) is 19.9. The number of carbonyl (C=O) groups excluding carboxylic acids is 2. The van der Waals surface area contributed by atoms with Crippen molar-refractivity contribution in [1.82, 2.24) is 34.8 Å². The number of piperidine rings is 1. The van der Waals surface area contributed by atoms with Crippen LogP contribution in [-0.2, 0) is 11.8 Å². The molecule has 0 bridgehead atoms. The highest BCUT2D eigenvalue weighted by Crippen LogP contribution is 2.59. The highest BCUT2D eigenvalue weighted by Gasteiger charge is 2.58. The van der Waals surface area contributed by atoms with Crippen molar-refractivity contribution < 1.29 is 14.0 Å². The van der Waals surface area contributed by atoms with Crippen molar-refractivity contribution in [2.24, 2.45) is 18.4 Å². The van der Waals surface area contributed by atoms with Crippen molar-refractivity contribution >= 4 is 22.6 Å². The minimum absolute atomic E-state index is 0.0719. The van der Waals surface area contributed by atoms with Gasteiger partial charge in [-0.15, -0.1) is 0 Å². The Morgan fingerprint density at radius 1 is 1.15 bits per heavy atom. The molecular formula is C31H39N7O3. The van der Waals surface area contributed by atoms with Gasteiger partial charge in [-0.05, 0) is 81.4 Å². The molecule has 1 spiro atoms. The molecule has 1 saturated carbocycles. The Labute approximate surface area is 240 Å². The number of nitrogens with one attached hydrogen (secondary N) is 1. The number of hydrogen-bond donors (Lipinski definition) is 1. The van der Waals surface area contributed by atoms with Crippen LogP contribution in [0.25, 0.3) is 16.6 Å². The van der Waals surface area contributed by atoms with Crippen LogP contribution in [0.4, 0.5) is 0 Å². The van der Waals surface area contributed by atoms with E-state index in [1.54, 1.807) is 0 Å². The maximum atomic E-state index is 13.5. The smallest absolute Gasteiger partial charge is 0.263 e. The van der Waals surface area contributed by atoms with Crippen LogP contribution in [0.3, 0.4) is 0 Å². The van der Waals surface area contributed by atoms with Crippen molar-refractivity contribution in [3.63, 3.8) is 0 Å². The van der Waals surface area contributed by atoms with Crippen LogP contribution in [0.1, 0.15) is 80.7 Å². The number of aromatic nitrogens is 5. The second-order valence-electron chi connectivity index (χ2n) is 11.7. The summed E-state index contributed by atoms with van der Waals surface area (Å²) in [5.41, 5.74) is 2.93. The first-order valence-electron chi connectivity index (χ1n) is 14.9. The lowest BCUT2D eigenvalue weighted by molar-refractivity contribution is -0.124. The number of oxazole rings is 1. The fraction of sp³-hybridized carbons (Fsp3) is 0.516. The van der Waals surface area contributed by atoms with E-state index in [-0.39, 0.29) is 35.0 Å². The molecule has 2 fully saturated rings. The lowest BCUT2D eigenvalue weighted by Crippen LogP contribution is -2.37. The zero-order valence-corrected chi connectivity index (χ0v) is 24.0. The summed E-state index contributed by atoms with van der Waals surface area (Å²) in [4.78, 5) is 32.2. The summed E-state index contributed by atoms with van der Waals surface area (Å²) in [6.45, 7) is 5.45. The second kappa shape index (κ2) is 11.6. The molecular weight excluding hydrogens is 518 g/mol. The fourth-order valence-corrected chi connectivity index (χ4v) is 6.38. The molecule has 1 N–H and O–H groups in total. The summed E-state index contributed by atoms with van der Waals surface area (Å²) in [6.07, 6.45) is 13.7. The standard InChI is InChI=1S/C31H39N7O3/c1-3-37-16-12-31(13-17-37)20-24(31)29(40)33-26(7-5-4-6-8-28(39)30-32-14-18-41-30)27-11-15-38(35-27)23-9-10-25-22(19-23)21-36(2)34-25/h9-11,14-15,18-19,21,24,26H,3-8,12-13,16-17,20H2,1-2H3,(H,33,40)/t24-,26?/m1/s1. The summed E-state index contributed by atoms with van der Waals surface area (Å²) in [7, 11) is 1.92. The molecule has 6 rings (SSSR count). The molecule has 2 aliphatic rings. The summed E-state index contributed by atoms with van der Waals surface area (Å²) in [5.74, 6) is 0.355. The van der Waals surface area contributed by atoms with Gasteiger partial charge in [0.15, 0.2) is 0 Å². The first kappa shape index (κ1) is 27.4. The molecule has 1 saturated heterocycles. The van der Waals surface area contributed by atoms with Crippen molar-refractivity contribution in [3.05, 3.63) is 60.7 Å². The van der Waals surface area contributed by atoms with Crippen molar-refractivity contribution in [3.8, 4) is 5.69 Å². The predicted octanol–water partition coefficient (Wildman–Crippen LogP) is 4.86. The Morgan fingerprint density at radius 3 is 2.78 bits per heavy atom. The third kappa shape index (κ3) is 5.98. The summed E-state index contributed by atoms with van der Waals surface area (Å²) >= 11 is 0. The van der Waals surface area contributed by atoms with Crippen LogP contribution in [0, 0.1) is 11.3 Å². The van der Waals surface area contributed by atoms with Crippen LogP contribution >= 0.6 is 0 Å². The Balaban J connectivity index is 1.11. The van der Waals surface area contributed by atoms with E-state index in [4.69, 9.17) is 9.52 Å². The SMILES string of the molecule is CCN1CCC2(CC1)C[C@@H]2C(=O)NC(CCCCCC(=O)c1ncco1)c1ccn(-c2ccc3nn(C)cc3c2)n1. The Hall–Kier alpha value is -3.79. The maximum absolute atomic E-state index is 13.5. The average Bonchev–Trinajstić information content (AvgIpc) is 3.45. The van der Waals surface area contributed by atoms with E-state index >= 15 is 0 Å². The quantitative estimate of drug-likeness (QED) is 0.196. The summed E-state index contributed by atoms with van der Waals surface area (Å²) in [6, 6.07) is 7.92. The van der Waals surface area contributed by atoms with Gasteiger partial charge in [-0.2, -0.15) is 10.2 Å². The van der Waals surface area contributed by atoms with E-state index in [1.165, 1.54) is 12.5 Å². The van der Waals surface area contributed by atoms with E-state index < -0.39 is 0 Å². The van der Waals surface area contributed by atoms with Gasteiger partial charge in [0.1, 0.15) is 6.26 Å². The van der Waals surface area contributed by atoms with Crippen LogP contribution in [0.2, 0.25) is 0 Å². The highest BCUT2D eigenvalue weighted by molar-refractivity contribution is 5.91. The zero-order chi connectivity index (χ0) is 28.4. The molecule has 2 atom stereocenters. The third-order valence-electron chi connectivity index (χ3n) is 9.02. The average molecular weight is 558 g/mol. The number of rotatable bonds is 12. The Bertz CT molecular complexity index is 1500. The van der Waals surface area contributed by atoms with E-state index in [9.17, 15) is 9.59 Å². The van der Waals surface area contributed by atoms with Gasteiger partial charge >= 0.3 is 0 Å². The van der Waals surface area contributed by atoms with Gasteiger partial charge in [0, 0.05) is 37.2 Å². The molecule has 4 aromatic rings. The van der Waals surface area contributed by atoms with Gasteiger partial charge in [0.25, 0.3) is 5.89 Å². The largest absolute Gasteiger partial charge is 0.442 e. The predicted molar refractivity (Wildman–Crippen MR) is 155 cm³/mol. The molecule has 10 nitrogen and oxygen atoms in total. The first-order valence-corrected chi connectivity index (χ1v) is 14.9. The van der Waals surface area contributed by atoms with E-state index in [1.807, 2.05) is 47.0 Å². The van der Waals surface area contributed by atoms with Crippen molar-refractivity contribution in [1.29, 1.82) is 0 Å². The van der Waals surface area contributed by atoms with Gasteiger partial charge in [-0.3, -0.25) is 14.3 Å². The number of fused-ring (bicyclic) bond motifs is 1. The molecule has 0 radical (unpaired) electrons. The van der Waals surface area contributed by atoms with Crippen molar-refractivity contribution in [2.45, 2.75) is 64.3 Å². The summed E-state index contributed by atoms with van der Waals surface area (Å²) in [5, 5.41) is 13.8. The van der Waals surface area contributed by atoms with E-state index in [2.05, 4.69) is 33.3 Å². The van der Waals surface area contributed by atoms with E-state index in [0.717, 1.165) is 86.9 Å². The van der Waals surface area contributed by atoms with Gasteiger partial charge in [-0.25, -0.2) is 9.67 Å². The Morgan fingerprint density at radius 2 is 2.00 bits per heavy atom. The molecule has 1 aromatic carbocycles. The van der Waals surface area contributed by atoms with Gasteiger partial charge in [0.2, 0.25) is 11.7 Å². The Kier molecular flexibility index (Phi) is 7.75. The fourth-order valence-electron chi connectivity index (χ4n) is 6.38. The minimum Gasteiger partial charge on any atom is -0.442 e.